The molecule has 3 rings (SSSR count). The summed E-state index contributed by atoms with van der Waals surface area (Å²) in [6.45, 7) is 4.10. The number of carbonyl (C=O) groups excluding carboxylic acids is 2. The fraction of sp³-hybridized carbons (Fsp3) is 0.227. The molecule has 2 amide bonds. The number of nitrogens with zero attached hydrogens (tertiary/aromatic N) is 2. The molecule has 11 heteroatoms. The van der Waals surface area contributed by atoms with E-state index in [4.69, 9.17) is 4.74 Å². The Bertz CT molecular complexity index is 1220. The van der Waals surface area contributed by atoms with Crippen molar-refractivity contribution >= 4 is 38.3 Å². The lowest BCUT2D eigenvalue weighted by molar-refractivity contribution is -0.118. The van der Waals surface area contributed by atoms with E-state index >= 15 is 0 Å². The summed E-state index contributed by atoms with van der Waals surface area (Å²) in [5, 5.41) is 7.61. The van der Waals surface area contributed by atoms with Crippen LogP contribution < -0.4 is 10.6 Å². The predicted molar refractivity (Wildman–Crippen MR) is 128 cm³/mol. The van der Waals surface area contributed by atoms with Crippen molar-refractivity contribution in [2.24, 2.45) is 0 Å². The van der Waals surface area contributed by atoms with Gasteiger partial charge in [-0.25, -0.2) is 13.4 Å². The van der Waals surface area contributed by atoms with Gasteiger partial charge in [0.05, 0.1) is 24.1 Å². The van der Waals surface area contributed by atoms with Crippen LogP contribution in [-0.2, 0) is 19.6 Å². The van der Waals surface area contributed by atoms with E-state index in [0.717, 1.165) is 21.5 Å². The Morgan fingerprint density at radius 1 is 1.27 bits per heavy atom. The van der Waals surface area contributed by atoms with Crippen LogP contribution in [0.1, 0.15) is 16.8 Å². The fourth-order valence-corrected chi connectivity index (χ4v) is 4.17. The van der Waals surface area contributed by atoms with Gasteiger partial charge in [-0.1, -0.05) is 36.4 Å². The smallest absolute Gasteiger partial charge is 0.253 e. The second-order valence-corrected chi connectivity index (χ2v) is 9.81. The van der Waals surface area contributed by atoms with Crippen molar-refractivity contribution in [3.05, 3.63) is 72.4 Å². The lowest BCUT2D eigenvalue weighted by Crippen LogP contribution is -2.44. The normalized spacial score (nSPS) is 12.2. The van der Waals surface area contributed by atoms with Crippen molar-refractivity contribution in [2.75, 3.05) is 24.8 Å². The monoisotopic (exact) mass is 488 g/mol. The van der Waals surface area contributed by atoms with Gasteiger partial charge in [0, 0.05) is 29.9 Å². The minimum Gasteiger partial charge on any atom is -0.377 e. The third kappa shape index (κ3) is 6.85. The summed E-state index contributed by atoms with van der Waals surface area (Å²) >= 11 is 1.27. The molecule has 2 heterocycles. The maximum atomic E-state index is 12.9. The van der Waals surface area contributed by atoms with E-state index in [1.54, 1.807) is 6.08 Å². The van der Waals surface area contributed by atoms with Gasteiger partial charge in [0.25, 0.3) is 5.91 Å². The Hall–Kier alpha value is -3.28. The van der Waals surface area contributed by atoms with E-state index in [1.807, 2.05) is 35.7 Å². The van der Waals surface area contributed by atoms with Crippen LogP contribution in [0, 0.1) is 0 Å². The summed E-state index contributed by atoms with van der Waals surface area (Å²) in [4.78, 5) is 30.0. The highest BCUT2D eigenvalue weighted by atomic mass is 32.2. The average Bonchev–Trinajstić information content (AvgIpc) is 3.46. The van der Waals surface area contributed by atoms with E-state index < -0.39 is 27.9 Å². The molecule has 0 radical (unpaired) electrons. The third-order valence-electron chi connectivity index (χ3n) is 4.52. The summed E-state index contributed by atoms with van der Waals surface area (Å²) in [5.41, 5.74) is 1.77. The molecule has 174 valence electrons. The third-order valence-corrected chi connectivity index (χ3v) is 6.28. The van der Waals surface area contributed by atoms with Gasteiger partial charge in [-0.3, -0.25) is 13.6 Å². The SMILES string of the molecule is C=CCOCCC(NC(=O)c1ccn(S(C)(=O)=O)c1)C(=O)Nc1nc(-c2ccccc2)cs1. The number of hydrogen-bond acceptors (Lipinski definition) is 7. The second kappa shape index (κ2) is 11.0. The second-order valence-electron chi connectivity index (χ2n) is 7.06. The minimum atomic E-state index is -3.52. The van der Waals surface area contributed by atoms with Crippen LogP contribution in [0.4, 0.5) is 5.13 Å². The molecule has 0 fully saturated rings. The van der Waals surface area contributed by atoms with E-state index in [1.165, 1.54) is 29.8 Å². The highest BCUT2D eigenvalue weighted by Gasteiger charge is 2.23. The molecule has 0 aliphatic carbocycles. The number of ether oxygens (including phenoxy) is 1. The zero-order valence-corrected chi connectivity index (χ0v) is 19.6. The van der Waals surface area contributed by atoms with Gasteiger partial charge in [0.1, 0.15) is 6.04 Å². The Morgan fingerprint density at radius 2 is 2.03 bits per heavy atom. The maximum Gasteiger partial charge on any atom is 0.253 e. The van der Waals surface area contributed by atoms with E-state index in [2.05, 4.69) is 22.2 Å². The van der Waals surface area contributed by atoms with Crippen molar-refractivity contribution in [2.45, 2.75) is 12.5 Å². The molecule has 1 unspecified atom stereocenters. The van der Waals surface area contributed by atoms with E-state index in [-0.39, 0.29) is 18.6 Å². The number of carbonyl (C=O) groups is 2. The van der Waals surface area contributed by atoms with Gasteiger partial charge in [-0.15, -0.1) is 17.9 Å². The first kappa shape index (κ1) is 24.4. The molecule has 0 bridgehead atoms. The summed E-state index contributed by atoms with van der Waals surface area (Å²) in [6, 6.07) is 9.99. The quantitative estimate of drug-likeness (QED) is 0.316. The summed E-state index contributed by atoms with van der Waals surface area (Å²) in [7, 11) is -3.52. The molecule has 0 aliphatic heterocycles. The fourth-order valence-electron chi connectivity index (χ4n) is 2.86. The molecular formula is C22H24N4O5S2. The minimum absolute atomic E-state index is 0.117. The summed E-state index contributed by atoms with van der Waals surface area (Å²) in [6.07, 6.45) is 5.28. The van der Waals surface area contributed by atoms with E-state index in [9.17, 15) is 18.0 Å². The van der Waals surface area contributed by atoms with Gasteiger partial charge >= 0.3 is 0 Å². The molecule has 9 nitrogen and oxygen atoms in total. The number of rotatable bonds is 11. The van der Waals surface area contributed by atoms with Gasteiger partial charge in [-0.05, 0) is 12.5 Å². The molecule has 1 aromatic carbocycles. The number of aromatic nitrogens is 2. The van der Waals surface area contributed by atoms with Crippen molar-refractivity contribution in [3.8, 4) is 11.3 Å². The van der Waals surface area contributed by atoms with Gasteiger partial charge in [0.2, 0.25) is 15.9 Å². The highest BCUT2D eigenvalue weighted by Crippen LogP contribution is 2.24. The Balaban J connectivity index is 1.70. The van der Waals surface area contributed by atoms with Crippen LogP contribution in [0.15, 0.2) is 66.8 Å². The van der Waals surface area contributed by atoms with Gasteiger partial charge in [0.15, 0.2) is 5.13 Å². The number of amides is 2. The van der Waals surface area contributed by atoms with Crippen LogP contribution in [0.3, 0.4) is 0 Å². The van der Waals surface area contributed by atoms with E-state index in [0.29, 0.717) is 11.7 Å². The highest BCUT2D eigenvalue weighted by molar-refractivity contribution is 7.89. The maximum absolute atomic E-state index is 12.9. The molecule has 2 aromatic heterocycles. The van der Waals surface area contributed by atoms with Crippen molar-refractivity contribution < 1.29 is 22.7 Å². The molecule has 0 saturated heterocycles. The lowest BCUT2D eigenvalue weighted by atomic mass is 10.2. The average molecular weight is 489 g/mol. The standard InChI is InChI=1S/C22H24N4O5S2/c1-3-12-31-13-10-18(23-20(27)17-9-11-26(14-17)33(2,29)30)21(28)25-22-24-19(15-32-22)16-7-5-4-6-8-16/h3-9,11,14-15,18H,1,10,12-13H2,2H3,(H,23,27)(H,24,25,28). The van der Waals surface area contributed by atoms with Crippen molar-refractivity contribution in [1.29, 1.82) is 0 Å². The first-order valence-electron chi connectivity index (χ1n) is 9.98. The van der Waals surface area contributed by atoms with Gasteiger partial charge in [-0.2, -0.15) is 0 Å². The van der Waals surface area contributed by atoms with Crippen molar-refractivity contribution in [1.82, 2.24) is 14.3 Å². The zero-order valence-electron chi connectivity index (χ0n) is 17.9. The topological polar surface area (TPSA) is 119 Å². The molecule has 2 N–H and O–H groups in total. The van der Waals surface area contributed by atoms with Crippen LogP contribution in [0.5, 0.6) is 0 Å². The van der Waals surface area contributed by atoms with Crippen LogP contribution in [-0.4, -0.2) is 54.7 Å². The lowest BCUT2D eigenvalue weighted by Gasteiger charge is -2.17. The number of nitrogens with one attached hydrogen (secondary N) is 2. The zero-order chi connectivity index (χ0) is 23.8. The number of benzene rings is 1. The van der Waals surface area contributed by atoms with Crippen molar-refractivity contribution in [3.63, 3.8) is 0 Å². The first-order chi connectivity index (χ1) is 15.8. The molecule has 0 saturated carbocycles. The number of anilines is 1. The number of thiazole rings is 1. The molecule has 3 aromatic rings. The molecule has 0 aliphatic rings. The predicted octanol–water partition coefficient (Wildman–Crippen LogP) is 2.75. The summed E-state index contributed by atoms with van der Waals surface area (Å²) < 4.78 is 29.6. The Labute approximate surface area is 196 Å². The Morgan fingerprint density at radius 3 is 2.70 bits per heavy atom. The largest absolute Gasteiger partial charge is 0.377 e. The Kier molecular flexibility index (Phi) is 8.15. The van der Waals surface area contributed by atoms with Crippen LogP contribution >= 0.6 is 11.3 Å². The molecule has 0 spiro atoms. The summed E-state index contributed by atoms with van der Waals surface area (Å²) in [5.74, 6) is -1.03. The van der Waals surface area contributed by atoms with Crippen LogP contribution in [0.2, 0.25) is 0 Å². The first-order valence-corrected chi connectivity index (χ1v) is 12.7. The molecule has 1 atom stereocenters. The molecule has 33 heavy (non-hydrogen) atoms. The van der Waals surface area contributed by atoms with Crippen LogP contribution in [0.25, 0.3) is 11.3 Å². The molecular weight excluding hydrogens is 464 g/mol. The number of hydrogen-bond donors (Lipinski definition) is 2. The van der Waals surface area contributed by atoms with Gasteiger partial charge < -0.3 is 15.4 Å².